The van der Waals surface area contributed by atoms with Crippen LogP contribution >= 0.6 is 11.3 Å². The van der Waals surface area contributed by atoms with Crippen molar-refractivity contribution < 1.29 is 0 Å². The highest BCUT2D eigenvalue weighted by molar-refractivity contribution is 7.10. The lowest BCUT2D eigenvalue weighted by atomic mass is 10.1. The number of thiophene rings is 1. The van der Waals surface area contributed by atoms with E-state index in [0.29, 0.717) is 6.54 Å². The van der Waals surface area contributed by atoms with Crippen molar-refractivity contribution in [2.75, 3.05) is 11.6 Å². The van der Waals surface area contributed by atoms with Crippen molar-refractivity contribution in [1.29, 1.82) is 0 Å². The summed E-state index contributed by atoms with van der Waals surface area (Å²) in [5, 5.41) is 8.83. The van der Waals surface area contributed by atoms with Crippen LogP contribution in [0.4, 0.5) is 5.82 Å². The first kappa shape index (κ1) is 12.3. The molecule has 0 aromatic carbocycles. The van der Waals surface area contributed by atoms with E-state index in [1.54, 1.807) is 17.5 Å². The van der Waals surface area contributed by atoms with Crippen molar-refractivity contribution in [2.45, 2.75) is 18.9 Å². The third-order valence-electron chi connectivity index (χ3n) is 3.16. The molecule has 19 heavy (non-hydrogen) atoms. The Hall–Kier alpha value is -1.72. The molecule has 0 fully saturated rings. The fraction of sp³-hybridized carbons (Fsp3) is 0.286. The Bertz CT molecular complexity index is 550. The van der Waals surface area contributed by atoms with E-state index in [2.05, 4.69) is 22.5 Å². The maximum absolute atomic E-state index is 5.64. The molecule has 2 aromatic heterocycles. The second-order valence-corrected chi connectivity index (χ2v) is 5.45. The zero-order valence-electron chi connectivity index (χ0n) is 10.6. The predicted molar refractivity (Wildman–Crippen MR) is 79.5 cm³/mol. The highest BCUT2D eigenvalue weighted by Crippen LogP contribution is 2.36. The topological polar surface area (TPSA) is 54.5 Å². The van der Waals surface area contributed by atoms with Gasteiger partial charge in [0.15, 0.2) is 0 Å². The van der Waals surface area contributed by atoms with E-state index in [0.717, 1.165) is 24.4 Å². The number of nitrogens with zero attached hydrogens (tertiary/aromatic N) is 3. The number of nitrogens with two attached hydrogens (primary N) is 1. The predicted octanol–water partition coefficient (Wildman–Crippen LogP) is 2.80. The van der Waals surface area contributed by atoms with Crippen LogP contribution in [0.1, 0.15) is 23.8 Å². The van der Waals surface area contributed by atoms with Crippen molar-refractivity contribution in [3.8, 4) is 0 Å². The smallest absolute Gasteiger partial charge is 0.149 e. The van der Waals surface area contributed by atoms with E-state index in [9.17, 15) is 0 Å². The summed E-state index contributed by atoms with van der Waals surface area (Å²) in [4.78, 5) is 5.73. The molecule has 4 nitrogen and oxygen atoms in total. The summed E-state index contributed by atoms with van der Waals surface area (Å²) < 4.78 is 0. The zero-order valence-corrected chi connectivity index (χ0v) is 11.4. The summed E-state index contributed by atoms with van der Waals surface area (Å²) in [5.41, 5.74) is 6.80. The average molecular weight is 272 g/mol. The van der Waals surface area contributed by atoms with E-state index in [4.69, 9.17) is 10.8 Å². The van der Waals surface area contributed by atoms with Gasteiger partial charge in [0.25, 0.3) is 0 Å². The van der Waals surface area contributed by atoms with Crippen LogP contribution < -0.4 is 10.7 Å². The van der Waals surface area contributed by atoms with Gasteiger partial charge in [-0.05, 0) is 36.5 Å². The Morgan fingerprint density at radius 1 is 1.32 bits per heavy atom. The van der Waals surface area contributed by atoms with E-state index in [1.807, 2.05) is 23.2 Å². The zero-order chi connectivity index (χ0) is 13.1. The molecule has 1 aliphatic rings. The van der Waals surface area contributed by atoms with Crippen molar-refractivity contribution in [1.82, 2.24) is 4.98 Å². The number of rotatable bonds is 4. The van der Waals surface area contributed by atoms with Crippen LogP contribution in [-0.2, 0) is 0 Å². The van der Waals surface area contributed by atoms with Crippen LogP contribution in [0.25, 0.3) is 0 Å². The fourth-order valence-corrected chi connectivity index (χ4v) is 3.11. The molecule has 0 aliphatic carbocycles. The number of aromatic nitrogens is 1. The van der Waals surface area contributed by atoms with Crippen LogP contribution in [0.2, 0.25) is 0 Å². The molecule has 3 heterocycles. The lowest BCUT2D eigenvalue weighted by Crippen LogP contribution is -2.18. The number of anilines is 1. The van der Waals surface area contributed by atoms with Gasteiger partial charge >= 0.3 is 0 Å². The number of hydrazone groups is 1. The Balaban J connectivity index is 1.92. The fourth-order valence-electron chi connectivity index (χ4n) is 2.29. The molecule has 3 rings (SSSR count). The number of pyridine rings is 1. The molecule has 2 aromatic rings. The van der Waals surface area contributed by atoms with Gasteiger partial charge in [0, 0.05) is 23.2 Å². The minimum absolute atomic E-state index is 0.261. The normalized spacial score (nSPS) is 18.7. The van der Waals surface area contributed by atoms with E-state index in [-0.39, 0.29) is 6.04 Å². The van der Waals surface area contributed by atoms with Gasteiger partial charge in [0.05, 0.1) is 6.04 Å². The monoisotopic (exact) mass is 272 g/mol. The first-order valence-corrected chi connectivity index (χ1v) is 7.26. The summed E-state index contributed by atoms with van der Waals surface area (Å²) in [5.74, 6) is 0.896. The molecule has 0 saturated heterocycles. The second-order valence-electron chi connectivity index (χ2n) is 4.47. The van der Waals surface area contributed by atoms with Crippen molar-refractivity contribution in [2.24, 2.45) is 10.8 Å². The summed E-state index contributed by atoms with van der Waals surface area (Å²) in [6.07, 6.45) is 3.59. The summed E-state index contributed by atoms with van der Waals surface area (Å²) in [7, 11) is 0. The second kappa shape index (κ2) is 5.50. The van der Waals surface area contributed by atoms with Crippen LogP contribution in [0, 0.1) is 0 Å². The summed E-state index contributed by atoms with van der Waals surface area (Å²) in [6, 6.07) is 10.4. The molecular weight excluding hydrogens is 256 g/mol. The first-order chi connectivity index (χ1) is 9.38. The van der Waals surface area contributed by atoms with Gasteiger partial charge in [0.1, 0.15) is 5.82 Å². The van der Waals surface area contributed by atoms with Crippen molar-refractivity contribution >= 4 is 22.9 Å². The molecule has 0 radical (unpaired) electrons. The Labute approximate surface area is 116 Å². The third-order valence-corrected chi connectivity index (χ3v) is 4.14. The van der Waals surface area contributed by atoms with E-state index >= 15 is 0 Å². The first-order valence-electron chi connectivity index (χ1n) is 6.38. The number of hydrogen-bond donors (Lipinski definition) is 1. The maximum atomic E-state index is 5.64. The van der Waals surface area contributed by atoms with Gasteiger partial charge in [-0.25, -0.2) is 9.99 Å². The van der Waals surface area contributed by atoms with Gasteiger partial charge in [-0.3, -0.25) is 0 Å². The maximum Gasteiger partial charge on any atom is 0.149 e. The highest BCUT2D eigenvalue weighted by atomic mass is 32.1. The molecule has 0 amide bonds. The molecule has 0 spiro atoms. The molecule has 2 N–H and O–H groups in total. The average Bonchev–Trinajstić information content (AvgIpc) is 3.08. The molecule has 1 unspecified atom stereocenters. The molecular formula is C14H16N4S. The quantitative estimate of drug-likeness (QED) is 0.931. The molecule has 0 saturated carbocycles. The molecule has 5 heteroatoms. The minimum atomic E-state index is 0.261. The summed E-state index contributed by atoms with van der Waals surface area (Å²) >= 11 is 1.76. The van der Waals surface area contributed by atoms with Crippen LogP contribution in [0.15, 0.2) is 47.0 Å². The van der Waals surface area contributed by atoms with Gasteiger partial charge in [-0.15, -0.1) is 11.3 Å². The minimum Gasteiger partial charge on any atom is -0.330 e. The van der Waals surface area contributed by atoms with Gasteiger partial charge in [-0.1, -0.05) is 12.1 Å². The van der Waals surface area contributed by atoms with Crippen molar-refractivity contribution in [3.05, 3.63) is 46.8 Å². The lowest BCUT2D eigenvalue weighted by molar-refractivity contribution is 0.710. The van der Waals surface area contributed by atoms with Gasteiger partial charge < -0.3 is 5.73 Å². The highest BCUT2D eigenvalue weighted by Gasteiger charge is 2.29. The third kappa shape index (κ3) is 2.52. The summed E-state index contributed by atoms with van der Waals surface area (Å²) in [6.45, 7) is 0.645. The largest absolute Gasteiger partial charge is 0.330 e. The Morgan fingerprint density at radius 2 is 2.26 bits per heavy atom. The van der Waals surface area contributed by atoms with Crippen LogP contribution in [-0.4, -0.2) is 17.2 Å². The molecule has 98 valence electrons. The Kier molecular flexibility index (Phi) is 3.57. The molecule has 1 aliphatic heterocycles. The standard InChI is InChI=1S/C14H16N4S/c15-7-6-11-10-12(13-4-3-9-19-13)18(17-11)14-5-1-2-8-16-14/h1-5,8-9,12H,6-7,10,15H2. The van der Waals surface area contributed by atoms with E-state index in [1.165, 1.54) is 4.88 Å². The molecule has 0 bridgehead atoms. The van der Waals surface area contributed by atoms with Crippen molar-refractivity contribution in [3.63, 3.8) is 0 Å². The SMILES string of the molecule is NCCC1=NN(c2ccccn2)C(c2cccs2)C1. The van der Waals surface area contributed by atoms with Crippen LogP contribution in [0.3, 0.4) is 0 Å². The van der Waals surface area contributed by atoms with Gasteiger partial charge in [-0.2, -0.15) is 5.10 Å². The van der Waals surface area contributed by atoms with E-state index < -0.39 is 0 Å². The van der Waals surface area contributed by atoms with Gasteiger partial charge in [0.2, 0.25) is 0 Å². The molecule has 1 atom stereocenters. The Morgan fingerprint density at radius 3 is 2.95 bits per heavy atom. The lowest BCUT2D eigenvalue weighted by Gasteiger charge is -2.21. The van der Waals surface area contributed by atoms with Crippen LogP contribution in [0.5, 0.6) is 0 Å². The number of hydrogen-bond acceptors (Lipinski definition) is 5.